The number of hydrogen-bond donors (Lipinski definition) is 2. The summed E-state index contributed by atoms with van der Waals surface area (Å²) in [6.07, 6.45) is -4.83. The normalized spacial score (nSPS) is 20.0. The zero-order chi connectivity index (χ0) is 23.0. The molecule has 3 N–H and O–H groups in total. The van der Waals surface area contributed by atoms with Crippen LogP contribution in [-0.2, 0) is 11.0 Å². The Morgan fingerprint density at radius 2 is 1.97 bits per heavy atom. The van der Waals surface area contributed by atoms with Crippen molar-refractivity contribution in [2.75, 3.05) is 13.1 Å². The summed E-state index contributed by atoms with van der Waals surface area (Å²) in [5.41, 5.74) is 3.06. The first-order valence-corrected chi connectivity index (χ1v) is 9.47. The number of amides is 3. The number of alkyl halides is 3. The first-order chi connectivity index (χ1) is 14.5. The summed E-state index contributed by atoms with van der Waals surface area (Å²) in [5, 5.41) is 11.1. The zero-order valence-corrected chi connectivity index (χ0v) is 17.0. The molecule has 0 bridgehead atoms. The van der Waals surface area contributed by atoms with Crippen LogP contribution in [0, 0.1) is 11.3 Å². The second-order valence-corrected chi connectivity index (χ2v) is 7.53. The molecular formula is C20H17ClF3N5O2. The predicted octanol–water partition coefficient (Wildman–Crippen LogP) is 3.03. The lowest BCUT2D eigenvalue weighted by Gasteiger charge is -2.47. The Kier molecular flexibility index (Phi) is 5.83. The number of carbonyl (C=O) groups excluding carboxylic acids is 2. The summed E-state index contributed by atoms with van der Waals surface area (Å²) in [5.74, 6) is -1.73. The standard InChI is InChI=1S/C20H17ClF3N5O2/c1-19(17(30)27-8-9-29(19)18(26)31)15(12-4-2-11(10-25)3-5-12)14-7-6-13(21)16(28-14)20(22,23)24/h2-7,15H,8-9H2,1H3,(H2,26,31)(H,27,30)/t15-,19?/m0/s1. The number of nitriles is 1. The minimum Gasteiger partial charge on any atom is -0.352 e. The third kappa shape index (κ3) is 4.01. The molecule has 1 aromatic carbocycles. The molecule has 11 heteroatoms. The monoisotopic (exact) mass is 451 g/mol. The largest absolute Gasteiger partial charge is 0.434 e. The summed E-state index contributed by atoms with van der Waals surface area (Å²) >= 11 is 5.72. The minimum absolute atomic E-state index is 0.0596. The van der Waals surface area contributed by atoms with Gasteiger partial charge in [-0.05, 0) is 36.8 Å². The molecule has 1 aliphatic heterocycles. The Balaban J connectivity index is 2.29. The molecule has 31 heavy (non-hydrogen) atoms. The van der Waals surface area contributed by atoms with Crippen molar-refractivity contribution in [2.24, 2.45) is 5.73 Å². The fraction of sp³-hybridized carbons (Fsp3) is 0.300. The van der Waals surface area contributed by atoms with Crippen molar-refractivity contribution in [2.45, 2.75) is 24.6 Å². The van der Waals surface area contributed by atoms with Gasteiger partial charge in [0, 0.05) is 13.1 Å². The van der Waals surface area contributed by atoms with E-state index in [0.717, 1.165) is 11.0 Å². The van der Waals surface area contributed by atoms with Crippen molar-refractivity contribution in [1.82, 2.24) is 15.2 Å². The van der Waals surface area contributed by atoms with Gasteiger partial charge in [0.15, 0.2) is 5.69 Å². The van der Waals surface area contributed by atoms with Gasteiger partial charge in [-0.3, -0.25) is 4.79 Å². The number of carbonyl (C=O) groups is 2. The van der Waals surface area contributed by atoms with Crippen molar-refractivity contribution in [3.63, 3.8) is 0 Å². The number of hydrogen-bond acceptors (Lipinski definition) is 4. The lowest BCUT2D eigenvalue weighted by Crippen LogP contribution is -2.68. The Hall–Kier alpha value is -3.32. The number of rotatable bonds is 3. The van der Waals surface area contributed by atoms with Crippen LogP contribution >= 0.6 is 11.6 Å². The fourth-order valence-electron chi connectivity index (χ4n) is 3.79. The van der Waals surface area contributed by atoms with Crippen molar-refractivity contribution >= 4 is 23.5 Å². The van der Waals surface area contributed by atoms with E-state index in [4.69, 9.17) is 22.6 Å². The summed E-state index contributed by atoms with van der Waals surface area (Å²) < 4.78 is 40.4. The quantitative estimate of drug-likeness (QED) is 0.746. The highest BCUT2D eigenvalue weighted by molar-refractivity contribution is 6.31. The SMILES string of the molecule is CC1([C@@H](c2ccc(C#N)cc2)c2ccc(Cl)c(C(F)(F)F)n2)C(=O)NCCN1C(N)=O. The summed E-state index contributed by atoms with van der Waals surface area (Å²) in [6, 6.07) is 9.28. The van der Waals surface area contributed by atoms with E-state index in [-0.39, 0.29) is 18.8 Å². The van der Waals surface area contributed by atoms with Crippen LogP contribution in [0.2, 0.25) is 5.02 Å². The van der Waals surface area contributed by atoms with Crippen molar-refractivity contribution in [3.05, 3.63) is 63.9 Å². The molecule has 2 atom stereocenters. The van der Waals surface area contributed by atoms with E-state index in [9.17, 15) is 22.8 Å². The van der Waals surface area contributed by atoms with Gasteiger partial charge in [-0.15, -0.1) is 0 Å². The van der Waals surface area contributed by atoms with Gasteiger partial charge in [0.25, 0.3) is 0 Å². The topological polar surface area (TPSA) is 112 Å². The first-order valence-electron chi connectivity index (χ1n) is 9.09. The second kappa shape index (κ2) is 8.07. The fourth-order valence-corrected chi connectivity index (χ4v) is 4.00. The van der Waals surface area contributed by atoms with Crippen LogP contribution < -0.4 is 11.1 Å². The summed E-state index contributed by atoms with van der Waals surface area (Å²) in [7, 11) is 0. The molecule has 1 aliphatic rings. The molecule has 0 spiro atoms. The van der Waals surface area contributed by atoms with Crippen LogP contribution in [0.5, 0.6) is 0 Å². The van der Waals surface area contributed by atoms with Crippen LogP contribution in [0.25, 0.3) is 0 Å². The van der Waals surface area contributed by atoms with E-state index < -0.39 is 40.3 Å². The van der Waals surface area contributed by atoms with Gasteiger partial charge in [-0.1, -0.05) is 23.7 Å². The molecule has 3 amide bonds. The molecule has 162 valence electrons. The molecular weight excluding hydrogens is 435 g/mol. The van der Waals surface area contributed by atoms with Gasteiger partial charge in [0.1, 0.15) is 5.54 Å². The van der Waals surface area contributed by atoms with E-state index in [1.807, 2.05) is 6.07 Å². The lowest BCUT2D eigenvalue weighted by molar-refractivity contribution is -0.141. The van der Waals surface area contributed by atoms with Crippen molar-refractivity contribution < 1.29 is 22.8 Å². The molecule has 1 fully saturated rings. The van der Waals surface area contributed by atoms with E-state index in [1.165, 1.54) is 37.3 Å². The van der Waals surface area contributed by atoms with Gasteiger partial charge in [-0.2, -0.15) is 18.4 Å². The molecule has 0 aliphatic carbocycles. The Bertz CT molecular complexity index is 1070. The average Bonchev–Trinajstić information content (AvgIpc) is 2.71. The third-order valence-corrected chi connectivity index (χ3v) is 5.58. The summed E-state index contributed by atoms with van der Waals surface area (Å²) in [4.78, 5) is 30.0. The lowest BCUT2D eigenvalue weighted by atomic mass is 9.75. The predicted molar refractivity (Wildman–Crippen MR) is 105 cm³/mol. The number of nitrogens with zero attached hydrogens (tertiary/aromatic N) is 3. The number of nitrogens with two attached hydrogens (primary N) is 1. The van der Waals surface area contributed by atoms with Crippen LogP contribution in [0.15, 0.2) is 36.4 Å². The molecule has 1 unspecified atom stereocenters. The van der Waals surface area contributed by atoms with Gasteiger partial charge >= 0.3 is 12.2 Å². The van der Waals surface area contributed by atoms with Crippen LogP contribution in [0.1, 0.15) is 35.4 Å². The van der Waals surface area contributed by atoms with Gasteiger partial charge in [0.2, 0.25) is 5.91 Å². The Morgan fingerprint density at radius 1 is 1.32 bits per heavy atom. The molecule has 7 nitrogen and oxygen atoms in total. The number of nitrogens with one attached hydrogen (secondary N) is 1. The number of piperazine rings is 1. The zero-order valence-electron chi connectivity index (χ0n) is 16.2. The molecule has 0 radical (unpaired) electrons. The maximum atomic E-state index is 13.5. The third-order valence-electron chi connectivity index (χ3n) is 5.27. The molecule has 1 saturated heterocycles. The summed E-state index contributed by atoms with van der Waals surface area (Å²) in [6.45, 7) is 1.61. The number of benzene rings is 1. The van der Waals surface area contributed by atoms with Gasteiger partial charge < -0.3 is 16.0 Å². The number of urea groups is 1. The number of pyridine rings is 1. The highest BCUT2D eigenvalue weighted by atomic mass is 35.5. The maximum absolute atomic E-state index is 13.5. The maximum Gasteiger partial charge on any atom is 0.434 e. The molecule has 0 saturated carbocycles. The van der Waals surface area contributed by atoms with Crippen LogP contribution in [0.4, 0.5) is 18.0 Å². The Labute approximate surface area is 180 Å². The minimum atomic E-state index is -4.83. The van der Waals surface area contributed by atoms with E-state index in [2.05, 4.69) is 10.3 Å². The van der Waals surface area contributed by atoms with Gasteiger partial charge in [0.05, 0.1) is 28.3 Å². The first kappa shape index (κ1) is 22.4. The van der Waals surface area contributed by atoms with Crippen LogP contribution in [-0.4, -0.2) is 40.5 Å². The van der Waals surface area contributed by atoms with E-state index >= 15 is 0 Å². The second-order valence-electron chi connectivity index (χ2n) is 7.12. The molecule has 2 aromatic rings. The number of halogens is 4. The average molecular weight is 452 g/mol. The van der Waals surface area contributed by atoms with Gasteiger partial charge in [-0.25, -0.2) is 9.78 Å². The molecule has 1 aromatic heterocycles. The number of aromatic nitrogens is 1. The Morgan fingerprint density at radius 3 is 2.52 bits per heavy atom. The smallest absolute Gasteiger partial charge is 0.352 e. The molecule has 3 rings (SSSR count). The highest BCUT2D eigenvalue weighted by Crippen LogP contribution is 2.42. The number of primary amides is 1. The van der Waals surface area contributed by atoms with E-state index in [1.54, 1.807) is 0 Å². The van der Waals surface area contributed by atoms with E-state index in [0.29, 0.717) is 11.1 Å². The highest BCUT2D eigenvalue weighted by Gasteiger charge is 2.52. The van der Waals surface area contributed by atoms with Crippen LogP contribution in [0.3, 0.4) is 0 Å². The van der Waals surface area contributed by atoms with Crippen molar-refractivity contribution in [1.29, 1.82) is 5.26 Å². The van der Waals surface area contributed by atoms with Crippen molar-refractivity contribution in [3.8, 4) is 6.07 Å². The molecule has 2 heterocycles.